The fourth-order valence-electron chi connectivity index (χ4n) is 2.84. The first-order valence-corrected chi connectivity index (χ1v) is 6.84. The fourth-order valence-corrected chi connectivity index (χ4v) is 2.84. The van der Waals surface area contributed by atoms with Crippen molar-refractivity contribution in [2.75, 3.05) is 5.73 Å². The van der Waals surface area contributed by atoms with Crippen LogP contribution in [-0.4, -0.2) is 42.9 Å². The quantitative estimate of drug-likeness (QED) is 0.864. The van der Waals surface area contributed by atoms with E-state index in [9.17, 15) is 5.11 Å². The number of aliphatic hydroxyl groups excluding tert-OH is 1. The zero-order valence-electron chi connectivity index (χ0n) is 11.6. The largest absolute Gasteiger partial charge is 0.388 e. The SMILES string of the molecule is CC(C)OC1CCC(n2cnc3c(N)ncnc32)C1O. The molecule has 2 aromatic rings. The van der Waals surface area contributed by atoms with Gasteiger partial charge in [0.25, 0.3) is 0 Å². The van der Waals surface area contributed by atoms with Crippen molar-refractivity contribution >= 4 is 17.0 Å². The van der Waals surface area contributed by atoms with Crippen LogP contribution in [0.1, 0.15) is 32.7 Å². The third-order valence-electron chi connectivity index (χ3n) is 3.71. The number of aromatic nitrogens is 4. The lowest BCUT2D eigenvalue weighted by molar-refractivity contribution is -0.0570. The van der Waals surface area contributed by atoms with Gasteiger partial charge in [-0.2, -0.15) is 0 Å². The second-order valence-electron chi connectivity index (χ2n) is 5.44. The highest BCUT2D eigenvalue weighted by Gasteiger charge is 2.37. The number of ether oxygens (including phenoxy) is 1. The van der Waals surface area contributed by atoms with Gasteiger partial charge in [0.05, 0.1) is 24.6 Å². The molecule has 0 spiro atoms. The van der Waals surface area contributed by atoms with Gasteiger partial charge in [0, 0.05) is 0 Å². The van der Waals surface area contributed by atoms with Crippen LogP contribution in [0.25, 0.3) is 11.2 Å². The van der Waals surface area contributed by atoms with Gasteiger partial charge < -0.3 is 20.1 Å². The Bertz CT molecular complexity index is 612. The van der Waals surface area contributed by atoms with Crippen LogP contribution in [0.3, 0.4) is 0 Å². The Kier molecular flexibility index (Phi) is 3.31. The van der Waals surface area contributed by atoms with E-state index >= 15 is 0 Å². The van der Waals surface area contributed by atoms with Crippen LogP contribution in [0.5, 0.6) is 0 Å². The van der Waals surface area contributed by atoms with Crippen molar-refractivity contribution < 1.29 is 9.84 Å². The molecule has 3 unspecified atom stereocenters. The summed E-state index contributed by atoms with van der Waals surface area (Å²) in [4.78, 5) is 12.4. The van der Waals surface area contributed by atoms with E-state index in [1.54, 1.807) is 6.33 Å². The Morgan fingerprint density at radius 1 is 1.35 bits per heavy atom. The molecule has 3 N–H and O–H groups in total. The molecule has 0 aliphatic heterocycles. The molecule has 7 heteroatoms. The first kappa shape index (κ1) is 13.3. The maximum absolute atomic E-state index is 10.4. The summed E-state index contributed by atoms with van der Waals surface area (Å²) >= 11 is 0. The fraction of sp³-hybridized carbons (Fsp3) is 0.615. The summed E-state index contributed by atoms with van der Waals surface area (Å²) in [6.45, 7) is 3.95. The summed E-state index contributed by atoms with van der Waals surface area (Å²) < 4.78 is 7.62. The number of rotatable bonds is 3. The molecule has 1 aliphatic carbocycles. The van der Waals surface area contributed by atoms with Gasteiger partial charge in [0.1, 0.15) is 17.9 Å². The molecule has 2 heterocycles. The third kappa shape index (κ3) is 2.12. The van der Waals surface area contributed by atoms with Gasteiger partial charge in [0.15, 0.2) is 11.5 Å². The summed E-state index contributed by atoms with van der Waals surface area (Å²) in [7, 11) is 0. The smallest absolute Gasteiger partial charge is 0.165 e. The first-order valence-electron chi connectivity index (χ1n) is 6.84. The summed E-state index contributed by atoms with van der Waals surface area (Å²) in [6.07, 6.45) is 4.13. The standard InChI is InChI=1S/C13H19N5O2/c1-7(2)20-9-4-3-8(11(9)19)18-6-17-10-12(14)15-5-16-13(10)18/h5-9,11,19H,3-4H2,1-2H3,(H2,14,15,16). The molecule has 0 bridgehead atoms. The van der Waals surface area contributed by atoms with E-state index in [4.69, 9.17) is 10.5 Å². The minimum absolute atomic E-state index is 0.0851. The van der Waals surface area contributed by atoms with Crippen molar-refractivity contribution in [3.8, 4) is 0 Å². The van der Waals surface area contributed by atoms with Crippen molar-refractivity contribution in [3.05, 3.63) is 12.7 Å². The molecule has 0 amide bonds. The Morgan fingerprint density at radius 2 is 2.15 bits per heavy atom. The van der Waals surface area contributed by atoms with Crippen molar-refractivity contribution in [2.45, 2.75) is 51.0 Å². The van der Waals surface area contributed by atoms with Crippen LogP contribution in [0.2, 0.25) is 0 Å². The summed E-state index contributed by atoms with van der Waals surface area (Å²) in [5.74, 6) is 0.358. The van der Waals surface area contributed by atoms with E-state index in [0.29, 0.717) is 17.0 Å². The van der Waals surface area contributed by atoms with Crippen molar-refractivity contribution in [3.63, 3.8) is 0 Å². The zero-order valence-corrected chi connectivity index (χ0v) is 11.6. The molecule has 0 aromatic carbocycles. The normalized spacial score (nSPS) is 26.7. The minimum Gasteiger partial charge on any atom is -0.388 e. The van der Waals surface area contributed by atoms with Crippen LogP contribution in [-0.2, 0) is 4.74 Å². The molecule has 1 saturated carbocycles. The predicted molar refractivity (Wildman–Crippen MR) is 74.0 cm³/mol. The third-order valence-corrected chi connectivity index (χ3v) is 3.71. The molecular formula is C13H19N5O2. The van der Waals surface area contributed by atoms with E-state index in [-0.39, 0.29) is 18.2 Å². The Balaban J connectivity index is 1.91. The van der Waals surface area contributed by atoms with E-state index < -0.39 is 6.10 Å². The molecular weight excluding hydrogens is 258 g/mol. The molecule has 7 nitrogen and oxygen atoms in total. The topological polar surface area (TPSA) is 99.1 Å². The van der Waals surface area contributed by atoms with E-state index in [1.807, 2.05) is 18.4 Å². The Morgan fingerprint density at radius 3 is 2.90 bits per heavy atom. The van der Waals surface area contributed by atoms with Gasteiger partial charge >= 0.3 is 0 Å². The van der Waals surface area contributed by atoms with E-state index in [0.717, 1.165) is 12.8 Å². The number of nitrogens with two attached hydrogens (primary N) is 1. The molecule has 1 fully saturated rings. The van der Waals surface area contributed by atoms with Crippen LogP contribution < -0.4 is 5.73 Å². The lowest BCUT2D eigenvalue weighted by Gasteiger charge is -2.22. The molecule has 3 rings (SSSR count). The summed E-state index contributed by atoms with van der Waals surface area (Å²) in [5, 5.41) is 10.4. The summed E-state index contributed by atoms with van der Waals surface area (Å²) in [6, 6.07) is -0.0851. The van der Waals surface area contributed by atoms with Crippen LogP contribution in [0, 0.1) is 0 Å². The number of anilines is 1. The molecule has 3 atom stereocenters. The van der Waals surface area contributed by atoms with Gasteiger partial charge in [-0.1, -0.05) is 0 Å². The molecule has 1 aliphatic rings. The lowest BCUT2D eigenvalue weighted by Crippen LogP contribution is -2.31. The number of aliphatic hydroxyl groups is 1. The number of nitrogens with zero attached hydrogens (tertiary/aromatic N) is 4. The maximum Gasteiger partial charge on any atom is 0.165 e. The highest BCUT2D eigenvalue weighted by Crippen LogP contribution is 2.34. The maximum atomic E-state index is 10.4. The number of nitrogen functional groups attached to an aromatic ring is 1. The molecule has 0 radical (unpaired) electrons. The molecule has 108 valence electrons. The molecule has 20 heavy (non-hydrogen) atoms. The summed E-state index contributed by atoms with van der Waals surface area (Å²) in [5.41, 5.74) is 7.02. The van der Waals surface area contributed by atoms with Gasteiger partial charge in [-0.25, -0.2) is 15.0 Å². The number of hydrogen-bond donors (Lipinski definition) is 2. The Labute approximate surface area is 116 Å². The van der Waals surface area contributed by atoms with Crippen molar-refractivity contribution in [1.82, 2.24) is 19.5 Å². The molecule has 2 aromatic heterocycles. The van der Waals surface area contributed by atoms with E-state index in [2.05, 4.69) is 15.0 Å². The van der Waals surface area contributed by atoms with Crippen molar-refractivity contribution in [2.24, 2.45) is 0 Å². The van der Waals surface area contributed by atoms with Crippen molar-refractivity contribution in [1.29, 1.82) is 0 Å². The van der Waals surface area contributed by atoms with Crippen LogP contribution >= 0.6 is 0 Å². The van der Waals surface area contributed by atoms with Gasteiger partial charge in [0.2, 0.25) is 0 Å². The highest BCUT2D eigenvalue weighted by atomic mass is 16.5. The number of fused-ring (bicyclic) bond motifs is 1. The lowest BCUT2D eigenvalue weighted by atomic mass is 10.2. The molecule has 0 saturated heterocycles. The second-order valence-corrected chi connectivity index (χ2v) is 5.44. The predicted octanol–water partition coefficient (Wildman–Crippen LogP) is 0.898. The first-order chi connectivity index (χ1) is 9.58. The van der Waals surface area contributed by atoms with E-state index in [1.165, 1.54) is 6.33 Å². The highest BCUT2D eigenvalue weighted by molar-refractivity contribution is 5.81. The van der Waals surface area contributed by atoms with Gasteiger partial charge in [-0.15, -0.1) is 0 Å². The average Bonchev–Trinajstić information content (AvgIpc) is 2.95. The average molecular weight is 277 g/mol. The monoisotopic (exact) mass is 277 g/mol. The second kappa shape index (κ2) is 4.99. The van der Waals surface area contributed by atoms with Gasteiger partial charge in [-0.3, -0.25) is 0 Å². The minimum atomic E-state index is -0.564. The van der Waals surface area contributed by atoms with Crippen LogP contribution in [0.15, 0.2) is 12.7 Å². The van der Waals surface area contributed by atoms with Gasteiger partial charge in [-0.05, 0) is 26.7 Å². The zero-order chi connectivity index (χ0) is 14.3. The number of imidazole rings is 1. The van der Waals surface area contributed by atoms with Crippen LogP contribution in [0.4, 0.5) is 5.82 Å². The Hall–Kier alpha value is -1.73. The number of hydrogen-bond acceptors (Lipinski definition) is 6.